The number of nitrogens with two attached hydrogens (primary N) is 1. The van der Waals surface area contributed by atoms with Crippen LogP contribution in [-0.4, -0.2) is 30.3 Å². The number of carboxylic acids is 1. The number of hydrogen-bond donors (Lipinski definition) is 2. The van der Waals surface area contributed by atoms with Gasteiger partial charge in [0.05, 0.1) is 0 Å². The molecule has 0 saturated heterocycles. The van der Waals surface area contributed by atoms with Crippen LogP contribution in [-0.2, 0) is 9.53 Å². The van der Waals surface area contributed by atoms with Gasteiger partial charge in [-0.05, 0) is 18.8 Å². The maximum absolute atomic E-state index is 10.3. The van der Waals surface area contributed by atoms with Crippen LogP contribution in [0.2, 0.25) is 0 Å². The van der Waals surface area contributed by atoms with Crippen LogP contribution in [0.15, 0.2) is 0 Å². The number of carbonyl (C=O) groups is 1. The van der Waals surface area contributed by atoms with Crippen LogP contribution in [0.3, 0.4) is 0 Å². The molecule has 0 aromatic heterocycles. The number of aliphatic carboxylic acids is 1. The summed E-state index contributed by atoms with van der Waals surface area (Å²) in [6, 6.07) is -0.795. The molecule has 2 atom stereocenters. The summed E-state index contributed by atoms with van der Waals surface area (Å²) in [7, 11) is 0. The van der Waals surface area contributed by atoms with Gasteiger partial charge >= 0.3 is 5.97 Å². The summed E-state index contributed by atoms with van der Waals surface area (Å²) in [5.74, 6) is -0.420. The minimum Gasteiger partial charge on any atom is -0.480 e. The normalized spacial score (nSPS) is 15.1. The molecule has 0 aliphatic rings. The zero-order valence-corrected chi connectivity index (χ0v) is 9.03. The molecule has 4 heteroatoms. The number of ether oxygens (including phenoxy) is 1. The molecule has 0 rings (SSSR count). The largest absolute Gasteiger partial charge is 0.480 e. The Bertz CT molecular complexity index is 161. The molecule has 0 heterocycles. The second-order valence-electron chi connectivity index (χ2n) is 3.70. The van der Waals surface area contributed by atoms with Gasteiger partial charge in [-0.25, -0.2) is 0 Å². The average molecular weight is 203 g/mol. The number of rotatable bonds is 8. The van der Waals surface area contributed by atoms with E-state index in [0.29, 0.717) is 25.6 Å². The highest BCUT2D eigenvalue weighted by Gasteiger charge is 2.10. The van der Waals surface area contributed by atoms with Crippen molar-refractivity contribution < 1.29 is 14.6 Å². The molecule has 0 aromatic carbocycles. The smallest absolute Gasteiger partial charge is 0.320 e. The fourth-order valence-corrected chi connectivity index (χ4v) is 1.19. The van der Waals surface area contributed by atoms with Crippen molar-refractivity contribution >= 4 is 5.97 Å². The van der Waals surface area contributed by atoms with Crippen LogP contribution in [0.5, 0.6) is 0 Å². The van der Waals surface area contributed by atoms with E-state index in [0.717, 1.165) is 12.8 Å². The molecule has 14 heavy (non-hydrogen) atoms. The summed E-state index contributed by atoms with van der Waals surface area (Å²) >= 11 is 0. The summed E-state index contributed by atoms with van der Waals surface area (Å²) in [6.07, 6.45) is 2.68. The van der Waals surface area contributed by atoms with Gasteiger partial charge in [0, 0.05) is 13.2 Å². The van der Waals surface area contributed by atoms with Gasteiger partial charge in [0.2, 0.25) is 0 Å². The highest BCUT2D eigenvalue weighted by molar-refractivity contribution is 5.72. The van der Waals surface area contributed by atoms with Crippen molar-refractivity contribution in [2.75, 3.05) is 13.2 Å². The number of carboxylic acid groups (broad SMARTS) is 1. The van der Waals surface area contributed by atoms with E-state index in [-0.39, 0.29) is 0 Å². The lowest BCUT2D eigenvalue weighted by Crippen LogP contribution is -2.31. The van der Waals surface area contributed by atoms with Gasteiger partial charge in [-0.15, -0.1) is 0 Å². The minimum atomic E-state index is -0.963. The first kappa shape index (κ1) is 13.4. The maximum atomic E-state index is 10.3. The van der Waals surface area contributed by atoms with Crippen LogP contribution in [0.1, 0.15) is 33.1 Å². The van der Waals surface area contributed by atoms with Gasteiger partial charge < -0.3 is 15.6 Å². The van der Waals surface area contributed by atoms with E-state index in [1.807, 2.05) is 0 Å². The molecule has 0 bridgehead atoms. The molecule has 0 aliphatic carbocycles. The second-order valence-corrected chi connectivity index (χ2v) is 3.70. The summed E-state index contributed by atoms with van der Waals surface area (Å²) in [6.45, 7) is 5.39. The third-order valence-electron chi connectivity index (χ3n) is 2.07. The van der Waals surface area contributed by atoms with Crippen LogP contribution < -0.4 is 5.73 Å². The zero-order chi connectivity index (χ0) is 11.0. The lowest BCUT2D eigenvalue weighted by molar-refractivity contribution is -0.139. The third-order valence-corrected chi connectivity index (χ3v) is 2.07. The van der Waals surface area contributed by atoms with Crippen LogP contribution in [0.25, 0.3) is 0 Å². The SMILES string of the molecule is CCCC(C)COCCC(N)C(=O)O. The standard InChI is InChI=1S/C10H21NO3/c1-3-4-8(2)7-14-6-5-9(11)10(12)13/h8-9H,3-7,11H2,1-2H3,(H,12,13). The first-order valence-corrected chi connectivity index (χ1v) is 5.14. The second kappa shape index (κ2) is 7.76. The summed E-state index contributed by atoms with van der Waals surface area (Å²) < 4.78 is 5.33. The Labute approximate surface area is 85.4 Å². The Morgan fingerprint density at radius 2 is 2.14 bits per heavy atom. The van der Waals surface area contributed by atoms with Crippen LogP contribution >= 0.6 is 0 Å². The molecular formula is C10H21NO3. The Hall–Kier alpha value is -0.610. The lowest BCUT2D eigenvalue weighted by atomic mass is 10.1. The van der Waals surface area contributed by atoms with Gasteiger partial charge in [0.25, 0.3) is 0 Å². The average Bonchev–Trinajstić information content (AvgIpc) is 2.12. The van der Waals surface area contributed by atoms with Crippen LogP contribution in [0.4, 0.5) is 0 Å². The quantitative estimate of drug-likeness (QED) is 0.582. The van der Waals surface area contributed by atoms with Crippen molar-refractivity contribution in [3.63, 3.8) is 0 Å². The first-order valence-electron chi connectivity index (χ1n) is 5.14. The van der Waals surface area contributed by atoms with Gasteiger partial charge in [-0.3, -0.25) is 4.79 Å². The van der Waals surface area contributed by atoms with E-state index in [1.54, 1.807) is 0 Å². The van der Waals surface area contributed by atoms with Crippen molar-refractivity contribution in [1.82, 2.24) is 0 Å². The number of hydrogen-bond acceptors (Lipinski definition) is 3. The highest BCUT2D eigenvalue weighted by atomic mass is 16.5. The maximum Gasteiger partial charge on any atom is 0.320 e. The molecule has 0 radical (unpaired) electrons. The summed E-state index contributed by atoms with van der Waals surface area (Å²) in [5, 5.41) is 8.49. The van der Waals surface area contributed by atoms with Crippen molar-refractivity contribution in [1.29, 1.82) is 0 Å². The van der Waals surface area contributed by atoms with Gasteiger partial charge in [-0.2, -0.15) is 0 Å². The van der Waals surface area contributed by atoms with Crippen molar-refractivity contribution in [2.45, 2.75) is 39.2 Å². The van der Waals surface area contributed by atoms with Crippen molar-refractivity contribution in [2.24, 2.45) is 11.7 Å². The van der Waals surface area contributed by atoms with Gasteiger partial charge in [0.1, 0.15) is 6.04 Å². The molecule has 0 spiro atoms. The van der Waals surface area contributed by atoms with E-state index in [1.165, 1.54) is 0 Å². The Morgan fingerprint density at radius 3 is 2.64 bits per heavy atom. The molecule has 0 aromatic rings. The van der Waals surface area contributed by atoms with Gasteiger partial charge in [0.15, 0.2) is 0 Å². The van der Waals surface area contributed by atoms with Crippen molar-refractivity contribution in [3.8, 4) is 0 Å². The predicted octanol–water partition coefficient (Wildman–Crippen LogP) is 1.24. The first-order chi connectivity index (χ1) is 6.57. The third kappa shape index (κ3) is 6.86. The van der Waals surface area contributed by atoms with Crippen molar-refractivity contribution in [3.05, 3.63) is 0 Å². The molecule has 3 N–H and O–H groups in total. The highest BCUT2D eigenvalue weighted by Crippen LogP contribution is 2.05. The van der Waals surface area contributed by atoms with E-state index >= 15 is 0 Å². The van der Waals surface area contributed by atoms with Gasteiger partial charge in [-0.1, -0.05) is 20.3 Å². The van der Waals surface area contributed by atoms with Crippen LogP contribution in [0, 0.1) is 5.92 Å². The molecular weight excluding hydrogens is 182 g/mol. The topological polar surface area (TPSA) is 72.5 Å². The zero-order valence-electron chi connectivity index (χ0n) is 9.03. The molecule has 84 valence electrons. The summed E-state index contributed by atoms with van der Waals surface area (Å²) in [5.41, 5.74) is 5.31. The Kier molecular flexibility index (Phi) is 7.42. The fourth-order valence-electron chi connectivity index (χ4n) is 1.19. The Balaban J connectivity index is 3.33. The van der Waals surface area contributed by atoms with E-state index in [4.69, 9.17) is 15.6 Å². The minimum absolute atomic E-state index is 0.383. The fraction of sp³-hybridized carbons (Fsp3) is 0.900. The molecule has 0 fully saturated rings. The monoisotopic (exact) mass is 203 g/mol. The lowest BCUT2D eigenvalue weighted by Gasteiger charge is -2.11. The predicted molar refractivity (Wildman–Crippen MR) is 55.1 cm³/mol. The molecule has 0 amide bonds. The van der Waals surface area contributed by atoms with E-state index in [2.05, 4.69) is 13.8 Å². The molecule has 4 nitrogen and oxygen atoms in total. The summed E-state index contributed by atoms with van der Waals surface area (Å²) in [4.78, 5) is 10.3. The van der Waals surface area contributed by atoms with E-state index < -0.39 is 12.0 Å². The van der Waals surface area contributed by atoms with E-state index in [9.17, 15) is 4.79 Å². The Morgan fingerprint density at radius 1 is 1.50 bits per heavy atom. The molecule has 0 aliphatic heterocycles. The molecule has 0 saturated carbocycles. The molecule has 2 unspecified atom stereocenters.